The second-order valence-electron chi connectivity index (χ2n) is 3.84. The molecular formula is C13H19N3O2. The molecule has 0 fully saturated rings. The van der Waals surface area contributed by atoms with Crippen LogP contribution in [-0.2, 0) is 9.47 Å². The molecule has 1 aromatic heterocycles. The molecule has 0 aliphatic rings. The summed E-state index contributed by atoms with van der Waals surface area (Å²) < 4.78 is 10.2. The van der Waals surface area contributed by atoms with Gasteiger partial charge < -0.3 is 14.4 Å². The first-order chi connectivity index (χ1) is 8.81. The Hall–Kier alpha value is -1.64. The maximum absolute atomic E-state index is 8.72. The lowest BCUT2D eigenvalue weighted by atomic mass is 10.3. The summed E-state index contributed by atoms with van der Waals surface area (Å²) in [4.78, 5) is 6.26. The molecule has 98 valence electrons. The van der Waals surface area contributed by atoms with Crippen LogP contribution in [0.5, 0.6) is 0 Å². The van der Waals surface area contributed by atoms with Crippen LogP contribution >= 0.6 is 0 Å². The van der Waals surface area contributed by atoms with Crippen LogP contribution in [0, 0.1) is 11.3 Å². The Kier molecular flexibility index (Phi) is 6.77. The van der Waals surface area contributed by atoms with Crippen LogP contribution in [-0.4, -0.2) is 45.5 Å². The summed E-state index contributed by atoms with van der Waals surface area (Å²) in [6, 6.07) is 5.65. The topological polar surface area (TPSA) is 58.4 Å². The molecule has 5 heteroatoms. The van der Waals surface area contributed by atoms with Crippen molar-refractivity contribution in [3.63, 3.8) is 0 Å². The summed E-state index contributed by atoms with van der Waals surface area (Å²) in [6.07, 6.45) is 2.67. The molecule has 0 spiro atoms. The molecular weight excluding hydrogens is 230 g/mol. The summed E-state index contributed by atoms with van der Waals surface area (Å²) in [5.41, 5.74) is 1.43. The number of nitrogens with zero attached hydrogens (tertiary/aromatic N) is 3. The fraction of sp³-hybridized carbons (Fsp3) is 0.538. The van der Waals surface area contributed by atoms with Crippen LogP contribution < -0.4 is 4.90 Å². The Morgan fingerprint density at radius 2 is 2.00 bits per heavy atom. The highest BCUT2D eigenvalue weighted by Crippen LogP contribution is 2.13. The molecule has 1 aromatic rings. The molecule has 0 unspecified atom stereocenters. The van der Waals surface area contributed by atoms with E-state index in [9.17, 15) is 0 Å². The van der Waals surface area contributed by atoms with Gasteiger partial charge in [0.05, 0.1) is 18.5 Å². The minimum Gasteiger partial charge on any atom is -0.385 e. The third-order valence-electron chi connectivity index (χ3n) is 2.57. The summed E-state index contributed by atoms with van der Waals surface area (Å²) in [7, 11) is 3.38. The third-order valence-corrected chi connectivity index (χ3v) is 2.57. The molecule has 0 N–H and O–H groups in total. The third kappa shape index (κ3) is 4.70. The van der Waals surface area contributed by atoms with Crippen LogP contribution in [0.15, 0.2) is 18.3 Å². The van der Waals surface area contributed by atoms with Crippen molar-refractivity contribution >= 4 is 5.69 Å². The number of hydrogen-bond donors (Lipinski definition) is 0. The van der Waals surface area contributed by atoms with Crippen LogP contribution in [0.1, 0.15) is 12.1 Å². The van der Waals surface area contributed by atoms with Crippen molar-refractivity contribution in [2.75, 3.05) is 45.4 Å². The van der Waals surface area contributed by atoms with Gasteiger partial charge in [-0.15, -0.1) is 0 Å². The van der Waals surface area contributed by atoms with E-state index in [1.807, 2.05) is 12.1 Å². The minimum atomic E-state index is 0.433. The lowest BCUT2D eigenvalue weighted by molar-refractivity contribution is 0.191. The highest BCUT2D eigenvalue weighted by atomic mass is 16.5. The maximum atomic E-state index is 8.72. The molecule has 0 radical (unpaired) electrons. The first kappa shape index (κ1) is 14.4. The average Bonchev–Trinajstić information content (AvgIpc) is 2.43. The second kappa shape index (κ2) is 8.45. The lowest BCUT2D eigenvalue weighted by Crippen LogP contribution is -2.29. The summed E-state index contributed by atoms with van der Waals surface area (Å²) in [6.45, 7) is 3.07. The van der Waals surface area contributed by atoms with Gasteiger partial charge >= 0.3 is 0 Å². The standard InChI is InChI=1S/C13H19N3O2/c1-17-8-3-6-16(7-9-18-2)13-5-4-12(10-14)15-11-13/h4-5,11H,3,6-9H2,1-2H3. The molecule has 0 aromatic carbocycles. The van der Waals surface area contributed by atoms with Crippen molar-refractivity contribution in [2.24, 2.45) is 0 Å². The van der Waals surface area contributed by atoms with E-state index in [0.29, 0.717) is 12.3 Å². The van der Waals surface area contributed by atoms with E-state index in [1.165, 1.54) is 0 Å². The van der Waals surface area contributed by atoms with Gasteiger partial charge in [0.2, 0.25) is 0 Å². The predicted molar refractivity (Wildman–Crippen MR) is 69.5 cm³/mol. The van der Waals surface area contributed by atoms with Gasteiger partial charge in [-0.2, -0.15) is 5.26 Å². The number of hydrogen-bond acceptors (Lipinski definition) is 5. The molecule has 0 bridgehead atoms. The molecule has 0 atom stereocenters. The van der Waals surface area contributed by atoms with Crippen molar-refractivity contribution in [3.8, 4) is 6.07 Å². The monoisotopic (exact) mass is 249 g/mol. The van der Waals surface area contributed by atoms with Crippen LogP contribution in [0.25, 0.3) is 0 Å². The largest absolute Gasteiger partial charge is 0.385 e. The minimum absolute atomic E-state index is 0.433. The van der Waals surface area contributed by atoms with Gasteiger partial charge in [-0.25, -0.2) is 4.98 Å². The molecule has 1 rings (SSSR count). The summed E-state index contributed by atoms with van der Waals surface area (Å²) in [5, 5.41) is 8.72. The molecule has 0 amide bonds. The first-order valence-electron chi connectivity index (χ1n) is 5.90. The molecule has 0 aliphatic carbocycles. The van der Waals surface area contributed by atoms with Gasteiger partial charge in [-0.05, 0) is 18.6 Å². The maximum Gasteiger partial charge on any atom is 0.140 e. The van der Waals surface area contributed by atoms with E-state index in [0.717, 1.165) is 31.8 Å². The zero-order chi connectivity index (χ0) is 13.2. The van der Waals surface area contributed by atoms with Crippen LogP contribution in [0.2, 0.25) is 0 Å². The Morgan fingerprint density at radius 3 is 2.56 bits per heavy atom. The quantitative estimate of drug-likeness (QED) is 0.652. The van der Waals surface area contributed by atoms with E-state index in [4.69, 9.17) is 14.7 Å². The Labute approximate surface area is 108 Å². The number of rotatable bonds is 8. The zero-order valence-corrected chi connectivity index (χ0v) is 10.9. The van der Waals surface area contributed by atoms with Crippen molar-refractivity contribution in [1.29, 1.82) is 5.26 Å². The van der Waals surface area contributed by atoms with Crippen molar-refractivity contribution in [1.82, 2.24) is 4.98 Å². The number of ether oxygens (including phenoxy) is 2. The SMILES string of the molecule is COCCCN(CCOC)c1ccc(C#N)nc1. The molecule has 5 nitrogen and oxygen atoms in total. The second-order valence-corrected chi connectivity index (χ2v) is 3.84. The number of methoxy groups -OCH3 is 2. The van der Waals surface area contributed by atoms with Crippen molar-refractivity contribution < 1.29 is 9.47 Å². The predicted octanol–water partition coefficient (Wildman–Crippen LogP) is 1.44. The number of pyridine rings is 1. The summed E-state index contributed by atoms with van der Waals surface area (Å²) in [5.74, 6) is 0. The van der Waals surface area contributed by atoms with Gasteiger partial charge in [0.25, 0.3) is 0 Å². The van der Waals surface area contributed by atoms with E-state index in [-0.39, 0.29) is 0 Å². The molecule has 0 saturated carbocycles. The van der Waals surface area contributed by atoms with Gasteiger partial charge in [0.15, 0.2) is 0 Å². The van der Waals surface area contributed by atoms with E-state index in [2.05, 4.69) is 9.88 Å². The molecule has 0 aliphatic heterocycles. The van der Waals surface area contributed by atoms with Crippen LogP contribution in [0.4, 0.5) is 5.69 Å². The van der Waals surface area contributed by atoms with Gasteiger partial charge in [0.1, 0.15) is 11.8 Å². The van der Waals surface area contributed by atoms with Crippen LogP contribution in [0.3, 0.4) is 0 Å². The fourth-order valence-corrected chi connectivity index (χ4v) is 1.61. The number of anilines is 1. The van der Waals surface area contributed by atoms with Gasteiger partial charge in [-0.3, -0.25) is 0 Å². The Balaban J connectivity index is 2.64. The molecule has 0 saturated heterocycles. The number of aromatic nitrogens is 1. The van der Waals surface area contributed by atoms with E-state index < -0.39 is 0 Å². The average molecular weight is 249 g/mol. The van der Waals surface area contributed by atoms with Gasteiger partial charge in [-0.1, -0.05) is 0 Å². The normalized spacial score (nSPS) is 10.1. The van der Waals surface area contributed by atoms with Gasteiger partial charge in [0, 0.05) is 33.9 Å². The molecule has 18 heavy (non-hydrogen) atoms. The smallest absolute Gasteiger partial charge is 0.140 e. The van der Waals surface area contributed by atoms with Crippen molar-refractivity contribution in [2.45, 2.75) is 6.42 Å². The Morgan fingerprint density at radius 1 is 1.22 bits per heavy atom. The highest BCUT2D eigenvalue weighted by molar-refractivity contribution is 5.45. The lowest BCUT2D eigenvalue weighted by Gasteiger charge is -2.24. The fourth-order valence-electron chi connectivity index (χ4n) is 1.61. The molecule has 1 heterocycles. The van der Waals surface area contributed by atoms with Crippen molar-refractivity contribution in [3.05, 3.63) is 24.0 Å². The Bertz CT molecular complexity index is 373. The first-order valence-corrected chi connectivity index (χ1v) is 5.90. The van der Waals surface area contributed by atoms with E-state index >= 15 is 0 Å². The zero-order valence-electron chi connectivity index (χ0n) is 10.9. The van der Waals surface area contributed by atoms with E-state index in [1.54, 1.807) is 26.5 Å². The summed E-state index contributed by atoms with van der Waals surface area (Å²) >= 11 is 0. The number of nitriles is 1. The highest BCUT2D eigenvalue weighted by Gasteiger charge is 2.06.